The van der Waals surface area contributed by atoms with Gasteiger partial charge in [-0.2, -0.15) is 0 Å². The molecular weight excluding hydrogens is 300 g/mol. The molecule has 1 amide bonds. The summed E-state index contributed by atoms with van der Waals surface area (Å²) in [6.07, 6.45) is 0. The van der Waals surface area contributed by atoms with Crippen molar-refractivity contribution in [1.29, 1.82) is 5.41 Å². The van der Waals surface area contributed by atoms with Crippen LogP contribution in [0.5, 0.6) is 0 Å². The smallest absolute Gasteiger partial charge is 0.246 e. The fourth-order valence-corrected chi connectivity index (χ4v) is 2.69. The Morgan fingerprint density at radius 2 is 1.33 bits per heavy atom. The molecular formula is C19H18N4O. The van der Waals surface area contributed by atoms with Gasteiger partial charge >= 0.3 is 0 Å². The fourth-order valence-electron chi connectivity index (χ4n) is 2.69. The van der Waals surface area contributed by atoms with Crippen LogP contribution >= 0.6 is 0 Å². The van der Waals surface area contributed by atoms with Crippen molar-refractivity contribution in [3.8, 4) is 22.5 Å². The highest BCUT2D eigenvalue weighted by Crippen LogP contribution is 2.28. The number of nitrogens with two attached hydrogens (primary N) is 1. The summed E-state index contributed by atoms with van der Waals surface area (Å²) in [6.45, 7) is 0.0844. The van der Waals surface area contributed by atoms with E-state index in [0.29, 0.717) is 0 Å². The summed E-state index contributed by atoms with van der Waals surface area (Å²) in [6, 6.07) is 23.8. The monoisotopic (exact) mass is 318 g/mol. The molecule has 0 aliphatic heterocycles. The van der Waals surface area contributed by atoms with Gasteiger partial charge in [0.1, 0.15) is 6.54 Å². The molecule has 1 heterocycles. The standard InChI is InChI=1S/C19H18N4O/c20-19(21)22-18(24)13-23-16(14-7-3-1-4-8-14)11-12-17(23)15-9-5-2-6-10-15/h1-12H,13H2,(H4,20,21,22,24). The van der Waals surface area contributed by atoms with Gasteiger partial charge in [-0.1, -0.05) is 60.7 Å². The lowest BCUT2D eigenvalue weighted by Gasteiger charge is -2.14. The van der Waals surface area contributed by atoms with Crippen LogP contribution in [-0.2, 0) is 11.3 Å². The predicted molar refractivity (Wildman–Crippen MR) is 95.4 cm³/mol. The topological polar surface area (TPSA) is 83.9 Å². The summed E-state index contributed by atoms with van der Waals surface area (Å²) in [4.78, 5) is 12.1. The Kier molecular flexibility index (Phi) is 4.43. The number of carbonyl (C=O) groups is 1. The van der Waals surface area contributed by atoms with Crippen molar-refractivity contribution in [2.75, 3.05) is 0 Å². The minimum Gasteiger partial charge on any atom is -0.370 e. The largest absolute Gasteiger partial charge is 0.370 e. The molecule has 24 heavy (non-hydrogen) atoms. The molecule has 0 aliphatic carbocycles. The van der Waals surface area contributed by atoms with Crippen molar-refractivity contribution >= 4 is 11.9 Å². The second-order valence-corrected chi connectivity index (χ2v) is 5.38. The molecule has 0 fully saturated rings. The summed E-state index contributed by atoms with van der Waals surface area (Å²) in [5, 5.41) is 9.57. The molecule has 0 atom stereocenters. The van der Waals surface area contributed by atoms with Crippen molar-refractivity contribution in [3.63, 3.8) is 0 Å². The van der Waals surface area contributed by atoms with Gasteiger partial charge in [0.05, 0.1) is 0 Å². The molecule has 2 aromatic carbocycles. The number of hydrogen-bond acceptors (Lipinski definition) is 2. The van der Waals surface area contributed by atoms with Crippen LogP contribution in [0.2, 0.25) is 0 Å². The van der Waals surface area contributed by atoms with Crippen LogP contribution in [0.3, 0.4) is 0 Å². The average molecular weight is 318 g/mol. The molecule has 5 nitrogen and oxygen atoms in total. The van der Waals surface area contributed by atoms with Crippen LogP contribution in [0.1, 0.15) is 0 Å². The van der Waals surface area contributed by atoms with Gasteiger partial charge in [-0.3, -0.25) is 15.5 Å². The van der Waals surface area contributed by atoms with Gasteiger partial charge in [0, 0.05) is 11.4 Å². The molecule has 4 N–H and O–H groups in total. The van der Waals surface area contributed by atoms with Crippen molar-refractivity contribution < 1.29 is 4.79 Å². The minimum absolute atomic E-state index is 0.0844. The van der Waals surface area contributed by atoms with E-state index in [-0.39, 0.29) is 18.4 Å². The number of carbonyl (C=O) groups excluding carboxylic acids is 1. The molecule has 0 unspecified atom stereocenters. The van der Waals surface area contributed by atoms with Crippen LogP contribution in [0.25, 0.3) is 22.5 Å². The number of nitrogens with one attached hydrogen (secondary N) is 2. The number of guanidine groups is 1. The number of amides is 1. The molecule has 120 valence electrons. The van der Waals surface area contributed by atoms with Gasteiger partial charge in [0.2, 0.25) is 5.91 Å². The van der Waals surface area contributed by atoms with Crippen LogP contribution in [0.15, 0.2) is 72.8 Å². The molecule has 0 bridgehead atoms. The van der Waals surface area contributed by atoms with Gasteiger partial charge in [-0.15, -0.1) is 0 Å². The Balaban J connectivity index is 2.06. The zero-order chi connectivity index (χ0) is 16.9. The van der Waals surface area contributed by atoms with Crippen LogP contribution in [-0.4, -0.2) is 16.4 Å². The zero-order valence-electron chi connectivity index (χ0n) is 13.1. The van der Waals surface area contributed by atoms with Crippen molar-refractivity contribution in [2.45, 2.75) is 6.54 Å². The van der Waals surface area contributed by atoms with E-state index < -0.39 is 0 Å². The summed E-state index contributed by atoms with van der Waals surface area (Å²) in [5.41, 5.74) is 9.19. The summed E-state index contributed by atoms with van der Waals surface area (Å²) in [7, 11) is 0. The maximum absolute atomic E-state index is 12.1. The van der Waals surface area contributed by atoms with Crippen molar-refractivity contribution in [1.82, 2.24) is 9.88 Å². The number of hydrogen-bond donors (Lipinski definition) is 3. The lowest BCUT2D eigenvalue weighted by atomic mass is 10.1. The molecule has 0 saturated heterocycles. The first-order chi connectivity index (χ1) is 11.6. The van der Waals surface area contributed by atoms with Gasteiger partial charge in [0.15, 0.2) is 5.96 Å². The molecule has 3 rings (SSSR count). The maximum atomic E-state index is 12.1. The van der Waals surface area contributed by atoms with Crippen molar-refractivity contribution in [2.24, 2.45) is 5.73 Å². The van der Waals surface area contributed by atoms with E-state index >= 15 is 0 Å². The summed E-state index contributed by atoms with van der Waals surface area (Å²) < 4.78 is 1.93. The first kappa shape index (κ1) is 15.6. The van der Waals surface area contributed by atoms with E-state index in [9.17, 15) is 4.79 Å². The summed E-state index contributed by atoms with van der Waals surface area (Å²) in [5.74, 6) is -0.678. The van der Waals surface area contributed by atoms with E-state index in [2.05, 4.69) is 5.32 Å². The predicted octanol–water partition coefficient (Wildman–Crippen LogP) is 2.83. The number of benzene rings is 2. The highest BCUT2D eigenvalue weighted by atomic mass is 16.2. The quantitative estimate of drug-likeness (QED) is 0.510. The minimum atomic E-state index is -0.352. The van der Waals surface area contributed by atoms with Crippen LogP contribution < -0.4 is 11.1 Å². The van der Waals surface area contributed by atoms with E-state index in [1.54, 1.807) is 0 Å². The first-order valence-electron chi connectivity index (χ1n) is 7.59. The Morgan fingerprint density at radius 3 is 1.75 bits per heavy atom. The average Bonchev–Trinajstić information content (AvgIpc) is 2.99. The van der Waals surface area contributed by atoms with Gasteiger partial charge < -0.3 is 10.3 Å². The lowest BCUT2D eigenvalue weighted by molar-refractivity contribution is -0.120. The number of nitrogens with zero attached hydrogens (tertiary/aromatic N) is 1. The highest BCUT2D eigenvalue weighted by molar-refractivity contribution is 5.95. The fraction of sp³-hybridized carbons (Fsp3) is 0.0526. The molecule has 0 saturated carbocycles. The van der Waals surface area contributed by atoms with E-state index in [0.717, 1.165) is 22.5 Å². The molecule has 3 aromatic rings. The second kappa shape index (κ2) is 6.83. The molecule has 5 heteroatoms. The van der Waals surface area contributed by atoms with Gasteiger partial charge in [-0.05, 0) is 23.3 Å². The highest BCUT2D eigenvalue weighted by Gasteiger charge is 2.14. The Labute approximate surface area is 140 Å². The summed E-state index contributed by atoms with van der Waals surface area (Å²) >= 11 is 0. The Hall–Kier alpha value is -3.34. The Bertz CT molecular complexity index is 797. The van der Waals surface area contributed by atoms with Gasteiger partial charge in [0.25, 0.3) is 0 Å². The molecule has 1 aromatic heterocycles. The van der Waals surface area contributed by atoms with Gasteiger partial charge in [-0.25, -0.2) is 0 Å². The number of aromatic nitrogens is 1. The van der Waals surface area contributed by atoms with E-state index in [1.165, 1.54) is 0 Å². The van der Waals surface area contributed by atoms with Crippen LogP contribution in [0, 0.1) is 5.41 Å². The third-order valence-electron chi connectivity index (χ3n) is 3.70. The number of rotatable bonds is 4. The lowest BCUT2D eigenvalue weighted by Crippen LogP contribution is -2.37. The van der Waals surface area contributed by atoms with Crippen LogP contribution in [0.4, 0.5) is 0 Å². The molecule has 0 aliphatic rings. The van der Waals surface area contributed by atoms with Crippen molar-refractivity contribution in [3.05, 3.63) is 72.8 Å². The third kappa shape index (κ3) is 3.35. The van der Waals surface area contributed by atoms with E-state index in [1.807, 2.05) is 77.4 Å². The normalized spacial score (nSPS) is 10.3. The van der Waals surface area contributed by atoms with E-state index in [4.69, 9.17) is 11.1 Å². The molecule has 0 spiro atoms. The Morgan fingerprint density at radius 1 is 0.875 bits per heavy atom. The maximum Gasteiger partial charge on any atom is 0.246 e. The molecule has 0 radical (unpaired) electrons. The third-order valence-corrected chi connectivity index (χ3v) is 3.70. The second-order valence-electron chi connectivity index (χ2n) is 5.38. The zero-order valence-corrected chi connectivity index (χ0v) is 13.1. The first-order valence-corrected chi connectivity index (χ1v) is 7.59. The SMILES string of the molecule is N=C(N)NC(=O)Cn1c(-c2ccccc2)ccc1-c1ccccc1.